The van der Waals surface area contributed by atoms with E-state index in [-0.39, 0.29) is 17.9 Å². The first-order valence-electron chi connectivity index (χ1n) is 11.2. The number of amides is 1. The third-order valence-electron chi connectivity index (χ3n) is 5.45. The monoisotopic (exact) mass is 442 g/mol. The molecule has 0 saturated carbocycles. The Balaban J connectivity index is 2.01. The molecule has 0 spiro atoms. The summed E-state index contributed by atoms with van der Waals surface area (Å²) < 4.78 is 7.48. The fourth-order valence-electron chi connectivity index (χ4n) is 3.78. The largest absolute Gasteiger partial charge is 0.361 e. The van der Waals surface area contributed by atoms with E-state index < -0.39 is 0 Å². The summed E-state index contributed by atoms with van der Waals surface area (Å²) in [6.07, 6.45) is 3.30. The number of hydrogen-bond donors (Lipinski definition) is 1. The van der Waals surface area contributed by atoms with E-state index in [4.69, 9.17) is 9.51 Å². The maximum absolute atomic E-state index is 13.1. The summed E-state index contributed by atoms with van der Waals surface area (Å²) in [5, 5.41) is 7.15. The number of hydrogen-bond acceptors (Lipinski definition) is 5. The lowest BCUT2D eigenvalue weighted by atomic mass is 10.0. The zero-order valence-electron chi connectivity index (χ0n) is 19.5. The molecule has 31 heavy (non-hydrogen) atoms. The van der Waals surface area contributed by atoms with Gasteiger partial charge in [-0.2, -0.15) is 0 Å². The van der Waals surface area contributed by atoms with Crippen LogP contribution >= 0.6 is 11.8 Å². The lowest BCUT2D eigenvalue weighted by molar-refractivity contribution is 0.0920. The van der Waals surface area contributed by atoms with E-state index in [1.807, 2.05) is 11.8 Å². The molecule has 2 heterocycles. The van der Waals surface area contributed by atoms with Crippen molar-refractivity contribution in [1.82, 2.24) is 20.0 Å². The molecule has 0 aliphatic carbocycles. The first kappa shape index (κ1) is 23.4. The van der Waals surface area contributed by atoms with Crippen molar-refractivity contribution in [3.05, 3.63) is 41.0 Å². The predicted molar refractivity (Wildman–Crippen MR) is 127 cm³/mol. The fraction of sp³-hybridized carbons (Fsp3) is 0.542. The molecule has 1 N–H and O–H groups in total. The molecule has 0 saturated heterocycles. The average Bonchev–Trinajstić information content (AvgIpc) is 3.27. The smallest absolute Gasteiger partial charge is 0.257 e. The number of thioether (sulfide) groups is 1. The SMILES string of the molecule is CCCCn1c(C(NC(=O)c2c(C)noc2C)C(C)C)nc2cc(SCCC)ccc21. The second kappa shape index (κ2) is 10.4. The van der Waals surface area contributed by atoms with Gasteiger partial charge in [-0.1, -0.05) is 39.3 Å². The zero-order valence-corrected chi connectivity index (χ0v) is 20.3. The van der Waals surface area contributed by atoms with E-state index in [1.165, 1.54) is 4.90 Å². The third-order valence-corrected chi connectivity index (χ3v) is 6.65. The van der Waals surface area contributed by atoms with E-state index in [2.05, 4.69) is 60.9 Å². The van der Waals surface area contributed by atoms with Crippen molar-refractivity contribution >= 4 is 28.7 Å². The minimum atomic E-state index is -0.211. The highest BCUT2D eigenvalue weighted by Crippen LogP contribution is 2.30. The van der Waals surface area contributed by atoms with Crippen LogP contribution in [0.3, 0.4) is 0 Å². The van der Waals surface area contributed by atoms with Crippen molar-refractivity contribution in [3.8, 4) is 0 Å². The molecule has 3 rings (SSSR count). The van der Waals surface area contributed by atoms with Crippen LogP contribution in [0.4, 0.5) is 0 Å². The van der Waals surface area contributed by atoms with Crippen LogP contribution in [0.15, 0.2) is 27.6 Å². The highest BCUT2D eigenvalue weighted by Gasteiger charge is 2.27. The number of nitrogens with zero attached hydrogens (tertiary/aromatic N) is 3. The molecule has 0 fully saturated rings. The number of rotatable bonds is 10. The summed E-state index contributed by atoms with van der Waals surface area (Å²) in [6.45, 7) is 13.1. The van der Waals surface area contributed by atoms with Crippen molar-refractivity contribution in [1.29, 1.82) is 0 Å². The lowest BCUT2D eigenvalue weighted by Crippen LogP contribution is -2.34. The molecule has 1 unspecified atom stereocenters. The van der Waals surface area contributed by atoms with Gasteiger partial charge < -0.3 is 14.4 Å². The number of benzene rings is 1. The van der Waals surface area contributed by atoms with E-state index in [1.54, 1.807) is 13.8 Å². The van der Waals surface area contributed by atoms with Crippen LogP contribution in [0.1, 0.15) is 80.6 Å². The van der Waals surface area contributed by atoms with Gasteiger partial charge in [0.05, 0.1) is 22.8 Å². The van der Waals surface area contributed by atoms with Gasteiger partial charge in [-0.15, -0.1) is 11.8 Å². The standard InChI is InChI=1S/C24H34N4O2S/c1-7-9-12-28-20-11-10-18(31-13-8-2)14-19(20)25-23(28)22(15(3)4)26-24(29)21-16(5)27-30-17(21)6/h10-11,14-15,22H,7-9,12-13H2,1-6H3,(H,26,29). The number of unbranched alkanes of at least 4 members (excludes halogenated alkanes) is 1. The Kier molecular flexibility index (Phi) is 7.81. The highest BCUT2D eigenvalue weighted by molar-refractivity contribution is 7.99. The highest BCUT2D eigenvalue weighted by atomic mass is 32.2. The minimum Gasteiger partial charge on any atom is -0.361 e. The van der Waals surface area contributed by atoms with Crippen molar-refractivity contribution < 1.29 is 9.32 Å². The van der Waals surface area contributed by atoms with E-state index in [9.17, 15) is 4.79 Å². The van der Waals surface area contributed by atoms with Crippen molar-refractivity contribution in [2.24, 2.45) is 5.92 Å². The molecule has 0 aliphatic heterocycles. The van der Waals surface area contributed by atoms with Crippen LogP contribution in [0.2, 0.25) is 0 Å². The van der Waals surface area contributed by atoms with Crippen LogP contribution in [0.25, 0.3) is 11.0 Å². The topological polar surface area (TPSA) is 73.0 Å². The van der Waals surface area contributed by atoms with Crippen molar-refractivity contribution in [2.75, 3.05) is 5.75 Å². The van der Waals surface area contributed by atoms with Gasteiger partial charge >= 0.3 is 0 Å². The summed E-state index contributed by atoms with van der Waals surface area (Å²) in [4.78, 5) is 19.4. The van der Waals surface area contributed by atoms with Gasteiger partial charge in [0.15, 0.2) is 0 Å². The molecule has 1 atom stereocenters. The molecule has 1 amide bonds. The average molecular weight is 443 g/mol. The number of imidazole rings is 1. The summed E-state index contributed by atoms with van der Waals surface area (Å²) in [7, 11) is 0. The van der Waals surface area contributed by atoms with Gasteiger partial charge in [0.25, 0.3) is 5.91 Å². The van der Waals surface area contributed by atoms with Crippen LogP contribution in [0, 0.1) is 19.8 Å². The number of fused-ring (bicyclic) bond motifs is 1. The van der Waals surface area contributed by atoms with Crippen LogP contribution in [-0.2, 0) is 6.54 Å². The van der Waals surface area contributed by atoms with Gasteiger partial charge in [0.1, 0.15) is 17.1 Å². The van der Waals surface area contributed by atoms with E-state index >= 15 is 0 Å². The Morgan fingerprint density at radius 1 is 1.23 bits per heavy atom. The molecule has 7 heteroatoms. The van der Waals surface area contributed by atoms with Gasteiger partial charge in [0, 0.05) is 11.4 Å². The van der Waals surface area contributed by atoms with Gasteiger partial charge in [-0.3, -0.25) is 4.79 Å². The number of carbonyl (C=O) groups excluding carboxylic acids is 1. The van der Waals surface area contributed by atoms with Crippen LogP contribution in [0.5, 0.6) is 0 Å². The Hall–Kier alpha value is -2.28. The molecule has 0 radical (unpaired) electrons. The summed E-state index contributed by atoms with van der Waals surface area (Å²) >= 11 is 1.86. The maximum atomic E-state index is 13.1. The van der Waals surface area contributed by atoms with Gasteiger partial charge in [0.2, 0.25) is 0 Å². The number of nitrogens with one attached hydrogen (secondary N) is 1. The Morgan fingerprint density at radius 2 is 2.00 bits per heavy atom. The molecule has 0 aliphatic rings. The molecule has 2 aromatic heterocycles. The molecule has 6 nitrogen and oxygen atoms in total. The maximum Gasteiger partial charge on any atom is 0.257 e. The number of carbonyl (C=O) groups is 1. The molecular weight excluding hydrogens is 408 g/mol. The first-order valence-corrected chi connectivity index (χ1v) is 12.2. The third kappa shape index (κ3) is 5.14. The minimum absolute atomic E-state index is 0.164. The van der Waals surface area contributed by atoms with Gasteiger partial charge in [-0.05, 0) is 56.6 Å². The van der Waals surface area contributed by atoms with Crippen molar-refractivity contribution in [2.45, 2.75) is 78.3 Å². The number of aromatic nitrogens is 3. The fourth-order valence-corrected chi connectivity index (χ4v) is 4.58. The molecule has 1 aromatic carbocycles. The van der Waals surface area contributed by atoms with Crippen LogP contribution < -0.4 is 5.32 Å². The van der Waals surface area contributed by atoms with Crippen LogP contribution in [-0.4, -0.2) is 26.4 Å². The second-order valence-electron chi connectivity index (χ2n) is 8.37. The van der Waals surface area contributed by atoms with E-state index in [0.717, 1.165) is 48.4 Å². The quantitative estimate of drug-likeness (QED) is 0.386. The number of aryl methyl sites for hydroxylation is 3. The lowest BCUT2D eigenvalue weighted by Gasteiger charge is -2.23. The molecule has 0 bridgehead atoms. The normalized spacial score (nSPS) is 12.6. The second-order valence-corrected chi connectivity index (χ2v) is 9.54. The molecule has 168 valence electrons. The zero-order chi connectivity index (χ0) is 22.5. The summed E-state index contributed by atoms with van der Waals surface area (Å²) in [5.74, 6) is 2.56. The predicted octanol–water partition coefficient (Wildman–Crippen LogP) is 6.07. The first-order chi connectivity index (χ1) is 14.9. The summed E-state index contributed by atoms with van der Waals surface area (Å²) in [5.41, 5.74) is 3.24. The summed E-state index contributed by atoms with van der Waals surface area (Å²) in [6, 6.07) is 6.32. The Morgan fingerprint density at radius 3 is 2.61 bits per heavy atom. The Labute approximate surface area is 189 Å². The van der Waals surface area contributed by atoms with Crippen molar-refractivity contribution in [3.63, 3.8) is 0 Å². The van der Waals surface area contributed by atoms with E-state index in [0.29, 0.717) is 17.0 Å². The van der Waals surface area contributed by atoms with Gasteiger partial charge in [-0.25, -0.2) is 4.98 Å². The molecular formula is C24H34N4O2S. The Bertz CT molecular complexity index is 1020. The molecule has 3 aromatic rings.